The molecule has 0 saturated heterocycles. The molecule has 2 aromatic rings. The van der Waals surface area contributed by atoms with E-state index in [4.69, 9.17) is 5.73 Å². The van der Waals surface area contributed by atoms with Crippen LogP contribution in [0.4, 0.5) is 5.69 Å². The van der Waals surface area contributed by atoms with E-state index in [-0.39, 0.29) is 0 Å². The van der Waals surface area contributed by atoms with Gasteiger partial charge in [-0.2, -0.15) is 5.10 Å². The molecule has 5 nitrogen and oxygen atoms in total. The highest BCUT2D eigenvalue weighted by molar-refractivity contribution is 7.84. The third kappa shape index (κ3) is 2.52. The maximum Gasteiger partial charge on any atom is 0.0703 e. The van der Waals surface area contributed by atoms with E-state index in [1.807, 2.05) is 20.0 Å². The second kappa shape index (κ2) is 4.67. The van der Waals surface area contributed by atoms with Crippen molar-refractivity contribution in [2.75, 3.05) is 5.73 Å². The van der Waals surface area contributed by atoms with Crippen molar-refractivity contribution in [3.63, 3.8) is 0 Å². The molecule has 6 heteroatoms. The van der Waals surface area contributed by atoms with E-state index in [0.717, 1.165) is 11.4 Å². The summed E-state index contributed by atoms with van der Waals surface area (Å²) in [6, 6.07) is 3.62. The number of rotatable bonds is 3. The van der Waals surface area contributed by atoms with Gasteiger partial charge in [0, 0.05) is 13.2 Å². The first-order valence-corrected chi connectivity index (χ1v) is 6.47. The Morgan fingerprint density at radius 1 is 1.53 bits per heavy atom. The van der Waals surface area contributed by atoms with E-state index in [9.17, 15) is 4.21 Å². The number of aromatic nitrogens is 3. The predicted molar refractivity (Wildman–Crippen MR) is 66.7 cm³/mol. The highest BCUT2D eigenvalue weighted by Crippen LogP contribution is 2.17. The summed E-state index contributed by atoms with van der Waals surface area (Å²) >= 11 is 0. The topological polar surface area (TPSA) is 73.8 Å². The summed E-state index contributed by atoms with van der Waals surface area (Å²) < 4.78 is 13.9. The number of anilines is 1. The van der Waals surface area contributed by atoms with E-state index in [1.165, 1.54) is 6.20 Å². The molecular weight excluding hydrogens is 236 g/mol. The van der Waals surface area contributed by atoms with Crippen molar-refractivity contribution in [1.29, 1.82) is 0 Å². The summed E-state index contributed by atoms with van der Waals surface area (Å²) in [5.74, 6) is 0.408. The van der Waals surface area contributed by atoms with E-state index in [1.54, 1.807) is 16.9 Å². The monoisotopic (exact) mass is 250 g/mol. The molecule has 0 saturated carbocycles. The van der Waals surface area contributed by atoms with Gasteiger partial charge in [-0.05, 0) is 19.1 Å². The van der Waals surface area contributed by atoms with Gasteiger partial charge >= 0.3 is 0 Å². The van der Waals surface area contributed by atoms with Gasteiger partial charge in [-0.25, -0.2) is 0 Å². The van der Waals surface area contributed by atoms with Crippen LogP contribution < -0.4 is 5.73 Å². The molecule has 0 bridgehead atoms. The van der Waals surface area contributed by atoms with Gasteiger partial charge in [-0.3, -0.25) is 13.9 Å². The average Bonchev–Trinajstić information content (AvgIpc) is 2.58. The first-order chi connectivity index (χ1) is 8.08. The van der Waals surface area contributed by atoms with Crippen LogP contribution >= 0.6 is 0 Å². The third-order valence-corrected chi connectivity index (χ3v) is 3.85. The van der Waals surface area contributed by atoms with Gasteiger partial charge in [-0.1, -0.05) is 0 Å². The Morgan fingerprint density at radius 3 is 2.88 bits per heavy atom. The summed E-state index contributed by atoms with van der Waals surface area (Å²) in [4.78, 5) is 4.50. The Bertz CT molecular complexity index is 564. The zero-order valence-electron chi connectivity index (χ0n) is 9.75. The quantitative estimate of drug-likeness (QED) is 0.882. The summed E-state index contributed by atoms with van der Waals surface area (Å²) in [7, 11) is 0.674. The van der Waals surface area contributed by atoms with Crippen LogP contribution in [0.5, 0.6) is 0 Å². The fourth-order valence-electron chi connectivity index (χ4n) is 1.61. The average molecular weight is 250 g/mol. The first kappa shape index (κ1) is 11.8. The van der Waals surface area contributed by atoms with Gasteiger partial charge in [0.1, 0.15) is 0 Å². The SMILES string of the molecule is Cc1cc(CS(=O)c2ccncc2N)n(C)n1. The Balaban J connectivity index is 2.23. The lowest BCUT2D eigenvalue weighted by Gasteiger charge is -2.05. The highest BCUT2D eigenvalue weighted by Gasteiger charge is 2.11. The molecule has 0 aromatic carbocycles. The van der Waals surface area contributed by atoms with Crippen molar-refractivity contribution in [3.05, 3.63) is 35.9 Å². The minimum atomic E-state index is -1.17. The fraction of sp³-hybridized carbons (Fsp3) is 0.273. The first-order valence-electron chi connectivity index (χ1n) is 5.15. The zero-order chi connectivity index (χ0) is 12.4. The number of nitrogens with two attached hydrogens (primary N) is 1. The van der Waals surface area contributed by atoms with Crippen LogP contribution in [0.15, 0.2) is 29.4 Å². The Hall–Kier alpha value is -1.69. The number of hydrogen-bond acceptors (Lipinski definition) is 4. The molecule has 0 aliphatic heterocycles. The predicted octanol–water partition coefficient (Wildman–Crippen LogP) is 1.01. The fourth-order valence-corrected chi connectivity index (χ4v) is 2.84. The van der Waals surface area contributed by atoms with E-state index in [2.05, 4.69) is 10.1 Å². The van der Waals surface area contributed by atoms with Gasteiger partial charge in [0.05, 0.1) is 44.7 Å². The Morgan fingerprint density at radius 2 is 2.29 bits per heavy atom. The second-order valence-electron chi connectivity index (χ2n) is 3.80. The number of aryl methyl sites for hydroxylation is 2. The zero-order valence-corrected chi connectivity index (χ0v) is 10.6. The Labute approximate surface area is 102 Å². The summed E-state index contributed by atoms with van der Waals surface area (Å²) in [6.07, 6.45) is 3.11. The van der Waals surface area contributed by atoms with Gasteiger partial charge in [0.2, 0.25) is 0 Å². The molecule has 0 fully saturated rings. The van der Waals surface area contributed by atoms with Crippen LogP contribution in [0.1, 0.15) is 11.4 Å². The van der Waals surface area contributed by atoms with Crippen LogP contribution in [0.2, 0.25) is 0 Å². The molecule has 90 valence electrons. The molecule has 2 aromatic heterocycles. The number of pyridine rings is 1. The minimum Gasteiger partial charge on any atom is -0.396 e. The summed E-state index contributed by atoms with van der Waals surface area (Å²) in [5.41, 5.74) is 8.05. The van der Waals surface area contributed by atoms with E-state index < -0.39 is 10.8 Å². The normalized spacial score (nSPS) is 12.6. The molecule has 0 aliphatic carbocycles. The largest absolute Gasteiger partial charge is 0.396 e. The molecule has 2 rings (SSSR count). The Kier molecular flexibility index (Phi) is 3.23. The van der Waals surface area contributed by atoms with Crippen LogP contribution in [0.25, 0.3) is 0 Å². The summed E-state index contributed by atoms with van der Waals surface area (Å²) in [6.45, 7) is 1.91. The molecule has 0 amide bonds. The molecule has 2 heterocycles. The second-order valence-corrected chi connectivity index (χ2v) is 5.22. The van der Waals surface area contributed by atoms with Crippen molar-refractivity contribution in [3.8, 4) is 0 Å². The lowest BCUT2D eigenvalue weighted by atomic mass is 10.4. The van der Waals surface area contributed by atoms with Crippen molar-refractivity contribution in [2.45, 2.75) is 17.6 Å². The molecular formula is C11H14N4OS. The lowest BCUT2D eigenvalue weighted by Crippen LogP contribution is -2.05. The van der Waals surface area contributed by atoms with Crippen LogP contribution in [0, 0.1) is 6.92 Å². The molecule has 2 N–H and O–H groups in total. The summed E-state index contributed by atoms with van der Waals surface area (Å²) in [5, 5.41) is 4.22. The van der Waals surface area contributed by atoms with Gasteiger partial charge in [-0.15, -0.1) is 0 Å². The molecule has 0 spiro atoms. The molecule has 17 heavy (non-hydrogen) atoms. The van der Waals surface area contributed by atoms with Gasteiger partial charge in [0.25, 0.3) is 0 Å². The highest BCUT2D eigenvalue weighted by atomic mass is 32.2. The standard InChI is InChI=1S/C11H14N4OS/c1-8-5-9(15(2)14-8)7-17(16)11-3-4-13-6-10(11)12/h3-6H,7,12H2,1-2H3. The number of hydrogen-bond donors (Lipinski definition) is 1. The minimum absolute atomic E-state index is 0.408. The maximum atomic E-state index is 12.2. The van der Waals surface area contributed by atoms with Crippen LogP contribution in [-0.4, -0.2) is 19.0 Å². The number of nitrogen functional groups attached to an aromatic ring is 1. The molecule has 0 aliphatic rings. The molecule has 1 unspecified atom stereocenters. The molecule has 1 atom stereocenters. The van der Waals surface area contributed by atoms with Crippen molar-refractivity contribution in [1.82, 2.24) is 14.8 Å². The smallest absolute Gasteiger partial charge is 0.0703 e. The van der Waals surface area contributed by atoms with Gasteiger partial charge < -0.3 is 5.73 Å². The maximum absolute atomic E-state index is 12.2. The third-order valence-electron chi connectivity index (χ3n) is 2.43. The van der Waals surface area contributed by atoms with E-state index >= 15 is 0 Å². The van der Waals surface area contributed by atoms with Crippen molar-refractivity contribution < 1.29 is 4.21 Å². The van der Waals surface area contributed by atoms with Gasteiger partial charge in [0.15, 0.2) is 0 Å². The van der Waals surface area contributed by atoms with Crippen LogP contribution in [0.3, 0.4) is 0 Å². The lowest BCUT2D eigenvalue weighted by molar-refractivity contribution is 0.676. The molecule has 0 radical (unpaired) electrons. The van der Waals surface area contributed by atoms with Crippen molar-refractivity contribution >= 4 is 16.5 Å². The van der Waals surface area contributed by atoms with E-state index in [0.29, 0.717) is 16.3 Å². The van der Waals surface area contributed by atoms with Crippen LogP contribution in [-0.2, 0) is 23.6 Å². The van der Waals surface area contributed by atoms with Crippen molar-refractivity contribution in [2.24, 2.45) is 7.05 Å². The number of nitrogens with zero attached hydrogens (tertiary/aromatic N) is 3.